The zero-order chi connectivity index (χ0) is 19.6. The molecule has 1 aliphatic heterocycles. The van der Waals surface area contributed by atoms with Gasteiger partial charge in [-0.1, -0.05) is 30.3 Å². The molecule has 1 saturated heterocycles. The normalized spacial score (nSPS) is 16.9. The minimum absolute atomic E-state index is 0.156. The van der Waals surface area contributed by atoms with Crippen LogP contribution in [0, 0.1) is 5.41 Å². The van der Waals surface area contributed by atoms with Crippen molar-refractivity contribution in [1.29, 1.82) is 0 Å². The fraction of sp³-hybridized carbons (Fsp3) is 0.400. The number of rotatable bonds is 6. The van der Waals surface area contributed by atoms with Crippen molar-refractivity contribution in [2.45, 2.75) is 12.8 Å². The van der Waals surface area contributed by atoms with Gasteiger partial charge in [-0.15, -0.1) is 11.3 Å². The molecule has 148 valence electrons. The molecule has 8 heteroatoms. The van der Waals surface area contributed by atoms with Gasteiger partial charge in [0.1, 0.15) is 26.8 Å². The van der Waals surface area contributed by atoms with Gasteiger partial charge in [-0.2, -0.15) is 0 Å². The summed E-state index contributed by atoms with van der Waals surface area (Å²) in [7, 11) is -3.09. The topological polar surface area (TPSA) is 81.2 Å². The summed E-state index contributed by atoms with van der Waals surface area (Å²) in [5.74, 6) is 0.909. The van der Waals surface area contributed by atoms with E-state index in [1.807, 2.05) is 18.2 Å². The molecular formula is C20H23N3O3S2. The Labute approximate surface area is 168 Å². The summed E-state index contributed by atoms with van der Waals surface area (Å²) in [6.45, 7) is 1.73. The van der Waals surface area contributed by atoms with Crippen molar-refractivity contribution in [1.82, 2.24) is 9.97 Å². The second kappa shape index (κ2) is 7.77. The SMILES string of the molecule is CS(=O)(=O)CC1(CNc2ncnc3sc(-c4ccccc4)cc23)CCOCC1. The monoisotopic (exact) mass is 417 g/mol. The number of aromatic nitrogens is 2. The fourth-order valence-electron chi connectivity index (χ4n) is 3.75. The molecule has 28 heavy (non-hydrogen) atoms. The lowest BCUT2D eigenvalue weighted by Gasteiger charge is -2.36. The maximum Gasteiger partial charge on any atom is 0.148 e. The predicted molar refractivity (Wildman–Crippen MR) is 114 cm³/mol. The fourth-order valence-corrected chi connectivity index (χ4v) is 6.25. The number of ether oxygens (including phenoxy) is 1. The van der Waals surface area contributed by atoms with E-state index in [4.69, 9.17) is 4.74 Å². The van der Waals surface area contributed by atoms with E-state index in [0.717, 1.165) is 39.3 Å². The van der Waals surface area contributed by atoms with Gasteiger partial charge in [-0.05, 0) is 24.5 Å². The molecule has 0 spiro atoms. The maximum atomic E-state index is 12.0. The first kappa shape index (κ1) is 19.3. The molecule has 0 unspecified atom stereocenters. The van der Waals surface area contributed by atoms with Crippen molar-refractivity contribution in [3.05, 3.63) is 42.7 Å². The highest BCUT2D eigenvalue weighted by Crippen LogP contribution is 2.36. The Morgan fingerprint density at radius 1 is 1.18 bits per heavy atom. The summed E-state index contributed by atoms with van der Waals surface area (Å²) in [4.78, 5) is 10.9. The quantitative estimate of drug-likeness (QED) is 0.660. The molecule has 0 saturated carbocycles. The molecule has 1 fully saturated rings. The molecule has 4 rings (SSSR count). The largest absolute Gasteiger partial charge is 0.381 e. The molecule has 0 atom stereocenters. The van der Waals surface area contributed by atoms with Crippen LogP contribution in [-0.2, 0) is 14.6 Å². The highest BCUT2D eigenvalue weighted by molar-refractivity contribution is 7.90. The Hall–Kier alpha value is -2.03. The van der Waals surface area contributed by atoms with Crippen LogP contribution in [0.4, 0.5) is 5.82 Å². The van der Waals surface area contributed by atoms with Gasteiger partial charge in [0.15, 0.2) is 0 Å². The number of nitrogens with zero attached hydrogens (tertiary/aromatic N) is 2. The number of benzene rings is 1. The predicted octanol–water partition coefficient (Wildman–Crippen LogP) is 3.61. The molecule has 6 nitrogen and oxygen atoms in total. The minimum atomic E-state index is -3.09. The summed E-state index contributed by atoms with van der Waals surface area (Å²) in [5.41, 5.74) is 0.816. The van der Waals surface area contributed by atoms with Crippen molar-refractivity contribution in [2.24, 2.45) is 5.41 Å². The number of hydrogen-bond acceptors (Lipinski definition) is 7. The summed E-state index contributed by atoms with van der Waals surface area (Å²) in [6.07, 6.45) is 4.31. The summed E-state index contributed by atoms with van der Waals surface area (Å²) in [6, 6.07) is 12.3. The van der Waals surface area contributed by atoms with Crippen molar-refractivity contribution < 1.29 is 13.2 Å². The standard InChI is InChI=1S/C20H23N3O3S2/c1-28(24,25)13-20(7-9-26-10-8-20)12-21-18-16-11-17(15-5-3-2-4-6-15)27-19(16)23-14-22-18/h2-6,11,14H,7-10,12-13H2,1H3,(H,21,22,23). The Morgan fingerprint density at radius 3 is 2.64 bits per heavy atom. The van der Waals surface area contributed by atoms with E-state index in [0.29, 0.717) is 19.8 Å². The van der Waals surface area contributed by atoms with Crippen LogP contribution in [0.15, 0.2) is 42.7 Å². The first-order valence-electron chi connectivity index (χ1n) is 9.24. The number of sulfone groups is 1. The molecule has 1 aliphatic rings. The molecule has 2 aromatic heterocycles. The van der Waals surface area contributed by atoms with Gasteiger partial charge in [0, 0.05) is 36.3 Å². The highest BCUT2D eigenvalue weighted by Gasteiger charge is 2.36. The third-order valence-corrected chi connectivity index (χ3v) is 7.37. The Morgan fingerprint density at radius 2 is 1.93 bits per heavy atom. The lowest BCUT2D eigenvalue weighted by molar-refractivity contribution is 0.0315. The average molecular weight is 418 g/mol. The first-order valence-corrected chi connectivity index (χ1v) is 12.1. The highest BCUT2D eigenvalue weighted by atomic mass is 32.2. The maximum absolute atomic E-state index is 12.0. The van der Waals surface area contributed by atoms with E-state index in [2.05, 4.69) is 33.5 Å². The molecular weight excluding hydrogens is 394 g/mol. The van der Waals surface area contributed by atoms with Gasteiger partial charge in [0.25, 0.3) is 0 Å². The van der Waals surface area contributed by atoms with E-state index in [1.165, 1.54) is 6.26 Å². The van der Waals surface area contributed by atoms with Crippen LogP contribution in [0.3, 0.4) is 0 Å². The smallest absolute Gasteiger partial charge is 0.148 e. The first-order chi connectivity index (χ1) is 13.4. The van der Waals surface area contributed by atoms with Crippen molar-refractivity contribution in [3.63, 3.8) is 0 Å². The van der Waals surface area contributed by atoms with Crippen molar-refractivity contribution in [2.75, 3.05) is 37.1 Å². The van der Waals surface area contributed by atoms with E-state index in [-0.39, 0.29) is 11.2 Å². The third kappa shape index (κ3) is 4.34. The van der Waals surface area contributed by atoms with E-state index < -0.39 is 9.84 Å². The number of nitrogens with one attached hydrogen (secondary N) is 1. The molecule has 3 heterocycles. The Kier molecular flexibility index (Phi) is 5.35. The molecule has 0 aliphatic carbocycles. The van der Waals surface area contributed by atoms with Crippen LogP contribution < -0.4 is 5.32 Å². The van der Waals surface area contributed by atoms with Gasteiger partial charge in [-0.25, -0.2) is 18.4 Å². The van der Waals surface area contributed by atoms with Crippen LogP contribution in [0.2, 0.25) is 0 Å². The van der Waals surface area contributed by atoms with Crippen LogP contribution in [0.5, 0.6) is 0 Å². The van der Waals surface area contributed by atoms with Crippen molar-refractivity contribution >= 4 is 37.2 Å². The zero-order valence-corrected chi connectivity index (χ0v) is 17.4. The van der Waals surface area contributed by atoms with Crippen molar-refractivity contribution in [3.8, 4) is 10.4 Å². The van der Waals surface area contributed by atoms with E-state index in [9.17, 15) is 8.42 Å². The number of hydrogen-bond donors (Lipinski definition) is 1. The second-order valence-corrected chi connectivity index (χ2v) is 10.6. The van der Waals surface area contributed by atoms with E-state index in [1.54, 1.807) is 17.7 Å². The second-order valence-electron chi connectivity index (χ2n) is 7.45. The molecule has 1 aromatic carbocycles. The number of thiophene rings is 1. The Bertz CT molecular complexity index is 1060. The Balaban J connectivity index is 1.61. The van der Waals surface area contributed by atoms with E-state index >= 15 is 0 Å². The molecule has 0 bridgehead atoms. The van der Waals surface area contributed by atoms with Crippen LogP contribution >= 0.6 is 11.3 Å². The molecule has 1 N–H and O–H groups in total. The average Bonchev–Trinajstić information content (AvgIpc) is 3.11. The van der Waals surface area contributed by atoms with Gasteiger partial charge < -0.3 is 10.1 Å². The van der Waals surface area contributed by atoms with Crippen LogP contribution in [-0.4, -0.2) is 50.2 Å². The summed E-state index contributed by atoms with van der Waals surface area (Å²) in [5, 5.41) is 4.39. The molecule has 3 aromatic rings. The lowest BCUT2D eigenvalue weighted by Crippen LogP contribution is -2.41. The van der Waals surface area contributed by atoms with Crippen LogP contribution in [0.25, 0.3) is 20.7 Å². The minimum Gasteiger partial charge on any atom is -0.381 e. The molecule has 0 radical (unpaired) electrons. The van der Waals surface area contributed by atoms with Crippen LogP contribution in [0.1, 0.15) is 12.8 Å². The molecule has 0 amide bonds. The zero-order valence-electron chi connectivity index (χ0n) is 15.7. The van der Waals surface area contributed by atoms with Gasteiger partial charge >= 0.3 is 0 Å². The van der Waals surface area contributed by atoms with Gasteiger partial charge in [0.05, 0.1) is 11.1 Å². The summed E-state index contributed by atoms with van der Waals surface area (Å²) >= 11 is 1.63. The lowest BCUT2D eigenvalue weighted by atomic mass is 9.82. The van der Waals surface area contributed by atoms with Gasteiger partial charge in [-0.3, -0.25) is 0 Å². The number of fused-ring (bicyclic) bond motifs is 1. The summed E-state index contributed by atoms with van der Waals surface area (Å²) < 4.78 is 29.5. The third-order valence-electron chi connectivity index (χ3n) is 5.14. The number of anilines is 1. The van der Waals surface area contributed by atoms with Gasteiger partial charge in [0.2, 0.25) is 0 Å².